The van der Waals surface area contributed by atoms with Crippen molar-refractivity contribution in [3.8, 4) is 0 Å². The Labute approximate surface area is 103 Å². The van der Waals surface area contributed by atoms with Gasteiger partial charge in [-0.05, 0) is 37.6 Å². The lowest BCUT2D eigenvalue weighted by atomic mass is 10.2. The lowest BCUT2D eigenvalue weighted by molar-refractivity contribution is 0.662. The van der Waals surface area contributed by atoms with Crippen LogP contribution < -0.4 is 5.32 Å². The van der Waals surface area contributed by atoms with E-state index >= 15 is 0 Å². The molecule has 3 rings (SSSR count). The quantitative estimate of drug-likeness (QED) is 0.848. The van der Waals surface area contributed by atoms with Crippen molar-refractivity contribution in [3.63, 3.8) is 0 Å². The van der Waals surface area contributed by atoms with E-state index in [4.69, 9.17) is 0 Å². The Morgan fingerprint density at radius 1 is 1.44 bits per heavy atom. The molecule has 84 valence electrons. The minimum atomic E-state index is 0.831. The Morgan fingerprint density at radius 3 is 3.19 bits per heavy atom. The Hall–Kier alpha value is -0.580. The summed E-state index contributed by atoms with van der Waals surface area (Å²) in [7, 11) is 0. The minimum absolute atomic E-state index is 0.831. The van der Waals surface area contributed by atoms with Crippen LogP contribution in [0.15, 0.2) is 28.6 Å². The molecule has 2 heterocycles. The van der Waals surface area contributed by atoms with Gasteiger partial charge < -0.3 is 5.32 Å². The molecule has 1 fully saturated rings. The average Bonchev–Trinajstić information content (AvgIpc) is 2.95. The van der Waals surface area contributed by atoms with Crippen LogP contribution in [-0.4, -0.2) is 23.8 Å². The van der Waals surface area contributed by atoms with Crippen molar-refractivity contribution in [1.82, 2.24) is 10.3 Å². The fourth-order valence-corrected chi connectivity index (χ4v) is 4.19. The molecular formula is C12H14N2S2. The van der Waals surface area contributed by atoms with Crippen LogP contribution in [0, 0.1) is 5.92 Å². The standard InChI is InChI=1S/C12H14N2S2/c1-2-4-11-10(3-1)14-12(16-11)15-8-9-5-6-13-7-9/h1-4,9,13H,5-8H2/t9-/m0/s1. The van der Waals surface area contributed by atoms with E-state index in [0.717, 1.165) is 11.4 Å². The SMILES string of the molecule is c1ccc2sc(SC[C@H]3CCNC3)nc2c1. The third kappa shape index (κ3) is 2.24. The zero-order chi connectivity index (χ0) is 10.8. The Bertz CT molecular complexity index is 442. The molecule has 1 aromatic carbocycles. The molecule has 0 bridgehead atoms. The first-order valence-corrected chi connectivity index (χ1v) is 7.41. The molecule has 16 heavy (non-hydrogen) atoms. The summed E-state index contributed by atoms with van der Waals surface area (Å²) in [6.45, 7) is 2.36. The number of rotatable bonds is 3. The number of aromatic nitrogens is 1. The molecule has 0 radical (unpaired) electrons. The predicted octanol–water partition coefficient (Wildman–Crippen LogP) is 3.00. The number of hydrogen-bond acceptors (Lipinski definition) is 4. The highest BCUT2D eigenvalue weighted by atomic mass is 32.2. The predicted molar refractivity (Wildman–Crippen MR) is 71.3 cm³/mol. The van der Waals surface area contributed by atoms with Crippen LogP contribution in [-0.2, 0) is 0 Å². The van der Waals surface area contributed by atoms with Gasteiger partial charge >= 0.3 is 0 Å². The molecule has 1 saturated heterocycles. The molecule has 0 unspecified atom stereocenters. The van der Waals surface area contributed by atoms with E-state index in [1.165, 1.54) is 34.3 Å². The van der Waals surface area contributed by atoms with Crippen molar-refractivity contribution in [3.05, 3.63) is 24.3 Å². The number of thioether (sulfide) groups is 1. The third-order valence-corrected chi connectivity index (χ3v) is 5.29. The molecule has 0 saturated carbocycles. The Balaban J connectivity index is 1.69. The average molecular weight is 250 g/mol. The molecule has 0 spiro atoms. The van der Waals surface area contributed by atoms with Gasteiger partial charge in [-0.15, -0.1) is 11.3 Å². The summed E-state index contributed by atoms with van der Waals surface area (Å²) >= 11 is 3.72. The number of fused-ring (bicyclic) bond motifs is 1. The van der Waals surface area contributed by atoms with Crippen molar-refractivity contribution in [2.45, 2.75) is 10.8 Å². The maximum atomic E-state index is 4.63. The van der Waals surface area contributed by atoms with Crippen LogP contribution in [0.2, 0.25) is 0 Å². The number of hydrogen-bond donors (Lipinski definition) is 1. The smallest absolute Gasteiger partial charge is 0.151 e. The van der Waals surface area contributed by atoms with Crippen molar-refractivity contribution in [1.29, 1.82) is 0 Å². The fourth-order valence-electron chi connectivity index (χ4n) is 1.96. The second-order valence-corrected chi connectivity index (χ2v) is 6.42. The second kappa shape index (κ2) is 4.73. The van der Waals surface area contributed by atoms with Crippen LogP contribution in [0.4, 0.5) is 0 Å². The van der Waals surface area contributed by atoms with Crippen LogP contribution in [0.1, 0.15) is 6.42 Å². The van der Waals surface area contributed by atoms with E-state index in [-0.39, 0.29) is 0 Å². The summed E-state index contributed by atoms with van der Waals surface area (Å²) in [5, 5.41) is 3.40. The molecule has 1 N–H and O–H groups in total. The van der Waals surface area contributed by atoms with E-state index in [9.17, 15) is 0 Å². The van der Waals surface area contributed by atoms with Gasteiger partial charge in [-0.1, -0.05) is 23.9 Å². The number of nitrogens with zero attached hydrogens (tertiary/aromatic N) is 1. The summed E-state index contributed by atoms with van der Waals surface area (Å²) in [5.74, 6) is 2.03. The minimum Gasteiger partial charge on any atom is -0.316 e. The molecule has 2 nitrogen and oxygen atoms in total. The van der Waals surface area contributed by atoms with Crippen molar-refractivity contribution < 1.29 is 0 Å². The molecule has 0 amide bonds. The van der Waals surface area contributed by atoms with E-state index in [2.05, 4.69) is 34.6 Å². The Morgan fingerprint density at radius 2 is 2.38 bits per heavy atom. The first kappa shape index (κ1) is 10.6. The molecule has 4 heteroatoms. The molecule has 1 aliphatic heterocycles. The van der Waals surface area contributed by atoms with Crippen LogP contribution in [0.25, 0.3) is 10.2 Å². The van der Waals surface area contributed by atoms with Gasteiger partial charge in [0.05, 0.1) is 10.2 Å². The van der Waals surface area contributed by atoms with Crippen LogP contribution >= 0.6 is 23.1 Å². The van der Waals surface area contributed by atoms with E-state index < -0.39 is 0 Å². The molecule has 1 aliphatic rings. The summed E-state index contributed by atoms with van der Waals surface area (Å²) < 4.78 is 2.52. The maximum absolute atomic E-state index is 4.63. The van der Waals surface area contributed by atoms with Gasteiger partial charge in [-0.2, -0.15) is 0 Å². The highest BCUT2D eigenvalue weighted by Crippen LogP contribution is 2.31. The summed E-state index contributed by atoms with van der Waals surface area (Å²) in [6, 6.07) is 8.37. The monoisotopic (exact) mass is 250 g/mol. The normalized spacial score (nSPS) is 20.6. The van der Waals surface area contributed by atoms with Crippen LogP contribution in [0.3, 0.4) is 0 Å². The largest absolute Gasteiger partial charge is 0.316 e. The molecule has 1 atom stereocenters. The first-order valence-electron chi connectivity index (χ1n) is 5.61. The van der Waals surface area contributed by atoms with E-state index in [1.54, 1.807) is 0 Å². The maximum Gasteiger partial charge on any atom is 0.151 e. The molecule has 2 aromatic rings. The zero-order valence-corrected chi connectivity index (χ0v) is 10.6. The fraction of sp³-hybridized carbons (Fsp3) is 0.417. The van der Waals surface area contributed by atoms with Crippen molar-refractivity contribution >= 4 is 33.3 Å². The van der Waals surface area contributed by atoms with E-state index in [0.29, 0.717) is 0 Å². The van der Waals surface area contributed by atoms with Gasteiger partial charge in [-0.3, -0.25) is 0 Å². The molecular weight excluding hydrogens is 236 g/mol. The Kier molecular flexibility index (Phi) is 3.13. The summed E-state index contributed by atoms with van der Waals surface area (Å²) in [4.78, 5) is 4.63. The number of benzene rings is 1. The summed E-state index contributed by atoms with van der Waals surface area (Å²) in [5.41, 5.74) is 1.14. The molecule has 0 aliphatic carbocycles. The number of nitrogens with one attached hydrogen (secondary N) is 1. The lowest BCUT2D eigenvalue weighted by Crippen LogP contribution is -2.10. The highest BCUT2D eigenvalue weighted by Gasteiger charge is 2.15. The lowest BCUT2D eigenvalue weighted by Gasteiger charge is -2.04. The summed E-state index contributed by atoms with van der Waals surface area (Å²) in [6.07, 6.45) is 1.32. The number of thiazole rings is 1. The van der Waals surface area contributed by atoms with Gasteiger partial charge in [0.25, 0.3) is 0 Å². The zero-order valence-electron chi connectivity index (χ0n) is 8.98. The van der Waals surface area contributed by atoms with Gasteiger partial charge in [0.2, 0.25) is 0 Å². The second-order valence-electron chi connectivity index (χ2n) is 4.12. The van der Waals surface area contributed by atoms with Crippen LogP contribution in [0.5, 0.6) is 0 Å². The first-order chi connectivity index (χ1) is 7.92. The molecule has 1 aromatic heterocycles. The van der Waals surface area contributed by atoms with Gasteiger partial charge in [-0.25, -0.2) is 4.98 Å². The van der Waals surface area contributed by atoms with Crippen molar-refractivity contribution in [2.24, 2.45) is 5.92 Å². The number of para-hydroxylation sites is 1. The van der Waals surface area contributed by atoms with Gasteiger partial charge in [0.1, 0.15) is 0 Å². The topological polar surface area (TPSA) is 24.9 Å². The van der Waals surface area contributed by atoms with Gasteiger partial charge in [0.15, 0.2) is 4.34 Å². The van der Waals surface area contributed by atoms with E-state index in [1.807, 2.05) is 23.1 Å². The van der Waals surface area contributed by atoms with Gasteiger partial charge in [0, 0.05) is 5.75 Å². The van der Waals surface area contributed by atoms with Crippen molar-refractivity contribution in [2.75, 3.05) is 18.8 Å². The highest BCUT2D eigenvalue weighted by molar-refractivity contribution is 8.01. The third-order valence-electron chi connectivity index (χ3n) is 2.88.